The fraction of sp³-hybridized carbons (Fsp3) is 0.387. The average Bonchev–Trinajstić information content (AvgIpc) is 2.96. The molecule has 0 aromatic heterocycles. The minimum Gasteiger partial charge on any atom is -0.468 e. The van der Waals surface area contributed by atoms with Crippen molar-refractivity contribution in [2.24, 2.45) is 11.3 Å². The van der Waals surface area contributed by atoms with E-state index >= 15 is 0 Å². The van der Waals surface area contributed by atoms with Gasteiger partial charge < -0.3 is 24.4 Å². The molecule has 2 aliphatic heterocycles. The first-order valence-corrected chi connectivity index (χ1v) is 14.0. The van der Waals surface area contributed by atoms with Gasteiger partial charge in [-0.25, -0.2) is 0 Å². The summed E-state index contributed by atoms with van der Waals surface area (Å²) >= 11 is 12.6. The molecule has 41 heavy (non-hydrogen) atoms. The lowest BCUT2D eigenvalue weighted by Gasteiger charge is -2.51. The number of halogens is 2. The van der Waals surface area contributed by atoms with Gasteiger partial charge in [0.25, 0.3) is 0 Å². The van der Waals surface area contributed by atoms with E-state index in [9.17, 15) is 14.4 Å². The number of benzene rings is 2. The fourth-order valence-corrected chi connectivity index (χ4v) is 5.91. The number of amides is 2. The first-order chi connectivity index (χ1) is 19.7. The molecule has 2 amide bonds. The van der Waals surface area contributed by atoms with Gasteiger partial charge in [-0.15, -0.1) is 6.42 Å². The summed E-state index contributed by atoms with van der Waals surface area (Å²) in [7, 11) is 1.29. The number of carbonyl (C=O) groups is 3. The van der Waals surface area contributed by atoms with Crippen molar-refractivity contribution in [1.29, 1.82) is 0 Å². The molecule has 2 aromatic rings. The van der Waals surface area contributed by atoms with E-state index in [0.29, 0.717) is 27.9 Å². The highest BCUT2D eigenvalue weighted by Gasteiger charge is 2.59. The van der Waals surface area contributed by atoms with Crippen molar-refractivity contribution in [3.8, 4) is 12.3 Å². The molecular formula is C31H32Cl2N2O6. The maximum Gasteiger partial charge on any atom is 0.320 e. The number of nitrogens with zero attached hydrogens (tertiary/aromatic N) is 1. The second-order valence-corrected chi connectivity index (χ2v) is 10.9. The molecule has 1 N–H and O–H groups in total. The molecule has 4 atom stereocenters. The van der Waals surface area contributed by atoms with Gasteiger partial charge in [-0.3, -0.25) is 14.4 Å². The molecule has 2 aromatic carbocycles. The van der Waals surface area contributed by atoms with Gasteiger partial charge in [0.2, 0.25) is 11.8 Å². The number of likely N-dealkylation sites (tertiary alicyclic amines) is 1. The SMILES string of the molecule is C#CCNC(=O)C[C@H]1C[C@@]2(C(=O)OC)C(=C[C@H](COCc3ccccc3)O[C@@H]2C)N(Cc2ccc(Cl)cc2Cl)C1=O. The summed E-state index contributed by atoms with van der Waals surface area (Å²) in [5, 5.41) is 3.42. The molecule has 216 valence electrons. The standard InChI is InChI=1S/C31H32Cl2N2O6/c1-4-12-34-28(36)13-23-16-31(30(38)39-3)20(2)41-25(19-40-18-21-8-6-5-7-9-21)15-27(31)35(29(23)37)17-22-10-11-24(32)14-26(22)33/h1,5-11,14-15,20,23,25H,12-13,16-19H2,2-3H3,(H,34,36)/t20-,23+,25-,31+/m1/s1. The molecule has 0 saturated carbocycles. The van der Waals surface area contributed by atoms with Crippen molar-refractivity contribution in [3.05, 3.63) is 81.5 Å². The highest BCUT2D eigenvalue weighted by atomic mass is 35.5. The van der Waals surface area contributed by atoms with E-state index < -0.39 is 35.4 Å². The Bertz CT molecular complexity index is 1360. The van der Waals surface area contributed by atoms with Crippen molar-refractivity contribution in [2.75, 3.05) is 20.3 Å². The number of ether oxygens (including phenoxy) is 3. The van der Waals surface area contributed by atoms with Crippen LogP contribution < -0.4 is 5.32 Å². The molecule has 2 heterocycles. The highest BCUT2D eigenvalue weighted by Crippen LogP contribution is 2.51. The van der Waals surface area contributed by atoms with Gasteiger partial charge in [0.1, 0.15) is 11.5 Å². The van der Waals surface area contributed by atoms with Gasteiger partial charge in [0.05, 0.1) is 39.5 Å². The molecule has 0 unspecified atom stereocenters. The number of methoxy groups -OCH3 is 1. The van der Waals surface area contributed by atoms with Crippen LogP contribution in [0.25, 0.3) is 0 Å². The summed E-state index contributed by atoms with van der Waals surface area (Å²) in [6.45, 7) is 2.42. The first kappa shape index (κ1) is 30.6. The van der Waals surface area contributed by atoms with E-state index in [1.54, 1.807) is 31.2 Å². The largest absolute Gasteiger partial charge is 0.468 e. The Balaban J connectivity index is 1.71. The minimum absolute atomic E-state index is 0.0252. The Morgan fingerprint density at radius 3 is 2.66 bits per heavy atom. The van der Waals surface area contributed by atoms with Crippen LogP contribution in [0.15, 0.2) is 60.3 Å². The van der Waals surface area contributed by atoms with Gasteiger partial charge in [0, 0.05) is 28.1 Å². The van der Waals surface area contributed by atoms with E-state index in [0.717, 1.165) is 5.56 Å². The maximum atomic E-state index is 14.0. The third kappa shape index (κ3) is 6.77. The summed E-state index contributed by atoms with van der Waals surface area (Å²) in [5.74, 6) is 0.231. The zero-order valence-corrected chi connectivity index (χ0v) is 24.4. The molecule has 0 spiro atoms. The number of nitrogens with one attached hydrogen (secondary N) is 1. The van der Waals surface area contributed by atoms with E-state index in [1.165, 1.54) is 12.0 Å². The molecule has 10 heteroatoms. The lowest BCUT2D eigenvalue weighted by Crippen LogP contribution is -2.60. The number of fused-ring (bicyclic) bond motifs is 1. The van der Waals surface area contributed by atoms with Crippen LogP contribution in [0.3, 0.4) is 0 Å². The van der Waals surface area contributed by atoms with Crippen LogP contribution in [0, 0.1) is 23.7 Å². The second-order valence-electron chi connectivity index (χ2n) is 10.1. The summed E-state index contributed by atoms with van der Waals surface area (Å²) in [6, 6.07) is 14.7. The third-order valence-electron chi connectivity index (χ3n) is 7.45. The zero-order chi connectivity index (χ0) is 29.6. The van der Waals surface area contributed by atoms with E-state index in [2.05, 4.69) is 11.2 Å². The van der Waals surface area contributed by atoms with Crippen LogP contribution in [0.5, 0.6) is 0 Å². The number of carbonyl (C=O) groups excluding carboxylic acids is 3. The predicted molar refractivity (Wildman–Crippen MR) is 155 cm³/mol. The molecule has 1 fully saturated rings. The number of hydrogen-bond donors (Lipinski definition) is 1. The van der Waals surface area contributed by atoms with E-state index in [4.69, 9.17) is 43.8 Å². The van der Waals surface area contributed by atoms with Crippen molar-refractivity contribution in [1.82, 2.24) is 10.2 Å². The molecule has 8 nitrogen and oxygen atoms in total. The number of hydrogen-bond acceptors (Lipinski definition) is 6. The van der Waals surface area contributed by atoms with Gasteiger partial charge >= 0.3 is 5.97 Å². The summed E-state index contributed by atoms with van der Waals surface area (Å²) in [5.41, 5.74) is 0.713. The fourth-order valence-electron chi connectivity index (χ4n) is 5.45. The molecule has 1 saturated heterocycles. The smallest absolute Gasteiger partial charge is 0.320 e. The topological polar surface area (TPSA) is 94.2 Å². The van der Waals surface area contributed by atoms with E-state index in [-0.39, 0.29) is 38.4 Å². The second kappa shape index (κ2) is 13.5. The molecule has 2 aliphatic rings. The summed E-state index contributed by atoms with van der Waals surface area (Å²) < 4.78 is 17.5. The highest BCUT2D eigenvalue weighted by molar-refractivity contribution is 6.35. The van der Waals surface area contributed by atoms with Crippen LogP contribution >= 0.6 is 23.2 Å². The maximum absolute atomic E-state index is 14.0. The summed E-state index contributed by atoms with van der Waals surface area (Å²) in [4.78, 5) is 41.8. The van der Waals surface area contributed by atoms with Crippen LogP contribution in [0.1, 0.15) is 30.9 Å². The van der Waals surface area contributed by atoms with Crippen molar-refractivity contribution >= 4 is 41.0 Å². The first-order valence-electron chi connectivity index (χ1n) is 13.2. The van der Waals surface area contributed by atoms with Crippen molar-refractivity contribution < 1.29 is 28.6 Å². The zero-order valence-electron chi connectivity index (χ0n) is 22.9. The minimum atomic E-state index is -1.35. The predicted octanol–water partition coefficient (Wildman–Crippen LogP) is 4.53. The lowest BCUT2D eigenvalue weighted by atomic mass is 9.66. The Hall–Kier alpha value is -3.35. The van der Waals surface area contributed by atoms with Gasteiger partial charge in [-0.05, 0) is 42.7 Å². The number of piperidine rings is 1. The summed E-state index contributed by atoms with van der Waals surface area (Å²) in [6.07, 6.45) is 5.64. The van der Waals surface area contributed by atoms with Crippen LogP contribution in [0.2, 0.25) is 10.0 Å². The normalized spacial score (nSPS) is 23.7. The Labute approximate surface area is 249 Å². The molecular weight excluding hydrogens is 567 g/mol. The van der Waals surface area contributed by atoms with Crippen molar-refractivity contribution in [3.63, 3.8) is 0 Å². The van der Waals surface area contributed by atoms with Gasteiger partial charge in [-0.1, -0.05) is 65.5 Å². The average molecular weight is 600 g/mol. The van der Waals surface area contributed by atoms with Crippen molar-refractivity contribution in [2.45, 2.75) is 45.1 Å². The number of esters is 1. The number of terminal acetylenes is 1. The molecule has 0 bridgehead atoms. The number of rotatable bonds is 10. The molecule has 0 aliphatic carbocycles. The Kier molecular flexibility index (Phi) is 10.1. The Morgan fingerprint density at radius 2 is 1.98 bits per heavy atom. The van der Waals surface area contributed by atoms with Crippen LogP contribution in [0.4, 0.5) is 0 Å². The van der Waals surface area contributed by atoms with E-state index in [1.807, 2.05) is 30.3 Å². The lowest BCUT2D eigenvalue weighted by molar-refractivity contribution is -0.178. The Morgan fingerprint density at radius 1 is 1.22 bits per heavy atom. The van der Waals surface area contributed by atoms with Crippen LogP contribution in [-0.2, 0) is 41.7 Å². The monoisotopic (exact) mass is 598 g/mol. The van der Waals surface area contributed by atoms with Crippen LogP contribution in [-0.4, -0.2) is 55.2 Å². The third-order valence-corrected chi connectivity index (χ3v) is 8.04. The van der Waals surface area contributed by atoms with Gasteiger partial charge in [-0.2, -0.15) is 0 Å². The quantitative estimate of drug-likeness (QED) is 0.319. The van der Waals surface area contributed by atoms with Gasteiger partial charge in [0.15, 0.2) is 0 Å². The molecule has 0 radical (unpaired) electrons. The molecule has 4 rings (SSSR count).